The summed E-state index contributed by atoms with van der Waals surface area (Å²) in [4.78, 5) is 26.6. The van der Waals surface area contributed by atoms with E-state index in [1.165, 1.54) is 7.11 Å². The molecule has 0 fully saturated rings. The van der Waals surface area contributed by atoms with Crippen LogP contribution in [-0.4, -0.2) is 29.9 Å². The Balaban J connectivity index is 2.27. The van der Waals surface area contributed by atoms with Gasteiger partial charge in [-0.05, 0) is 35.6 Å². The van der Waals surface area contributed by atoms with Crippen LogP contribution in [0.5, 0.6) is 0 Å². The fraction of sp³-hybridized carbons (Fsp3) is 0.375. The summed E-state index contributed by atoms with van der Waals surface area (Å²) in [7, 11) is 1.35. The number of unbranched alkanes of at least 4 members (excludes halogenated alkanes) is 1. The molecule has 0 aliphatic heterocycles. The maximum Gasteiger partial charge on any atom is 0.328 e. The molecular weight excluding hydrogens is 364 g/mol. The standard InChI is InChI=1S/C24H28N2O3/c1-4-6-11-23(27)26(22(5-2)24(28)29-3)17-18-12-14-19(15-13-18)21-10-8-7-9-20(21)16-25/h7-10,12-15,22H,4-6,11,17H2,1-3H3/t22-/m0/s1. The van der Waals surface area contributed by atoms with Gasteiger partial charge in [-0.1, -0.05) is 62.7 Å². The number of hydrogen-bond donors (Lipinski definition) is 0. The second-order valence-corrected chi connectivity index (χ2v) is 6.93. The summed E-state index contributed by atoms with van der Waals surface area (Å²) >= 11 is 0. The number of esters is 1. The fourth-order valence-electron chi connectivity index (χ4n) is 3.31. The average Bonchev–Trinajstić information content (AvgIpc) is 2.77. The number of amides is 1. The van der Waals surface area contributed by atoms with E-state index < -0.39 is 12.0 Å². The van der Waals surface area contributed by atoms with Crippen LogP contribution in [0.2, 0.25) is 0 Å². The van der Waals surface area contributed by atoms with Crippen molar-refractivity contribution in [1.29, 1.82) is 5.26 Å². The average molecular weight is 392 g/mol. The van der Waals surface area contributed by atoms with Crippen molar-refractivity contribution in [2.75, 3.05) is 7.11 Å². The van der Waals surface area contributed by atoms with Gasteiger partial charge in [-0.15, -0.1) is 0 Å². The Morgan fingerprint density at radius 1 is 1.10 bits per heavy atom. The normalized spacial score (nSPS) is 11.4. The van der Waals surface area contributed by atoms with Crippen molar-refractivity contribution in [2.45, 2.75) is 52.1 Å². The van der Waals surface area contributed by atoms with Gasteiger partial charge in [0.2, 0.25) is 5.91 Å². The highest BCUT2D eigenvalue weighted by Gasteiger charge is 2.28. The van der Waals surface area contributed by atoms with Crippen LogP contribution < -0.4 is 0 Å². The van der Waals surface area contributed by atoms with Gasteiger partial charge in [0.1, 0.15) is 6.04 Å². The molecule has 1 atom stereocenters. The van der Waals surface area contributed by atoms with Crippen LogP contribution in [0.4, 0.5) is 0 Å². The third-order valence-electron chi connectivity index (χ3n) is 4.97. The van der Waals surface area contributed by atoms with E-state index in [9.17, 15) is 14.9 Å². The zero-order chi connectivity index (χ0) is 21.2. The van der Waals surface area contributed by atoms with Gasteiger partial charge in [-0.3, -0.25) is 4.79 Å². The van der Waals surface area contributed by atoms with E-state index in [0.29, 0.717) is 24.9 Å². The number of hydrogen-bond acceptors (Lipinski definition) is 4. The molecule has 2 rings (SSSR count). The van der Waals surface area contributed by atoms with E-state index in [0.717, 1.165) is 29.5 Å². The first-order valence-corrected chi connectivity index (χ1v) is 10.0. The van der Waals surface area contributed by atoms with Crippen LogP contribution in [0.25, 0.3) is 11.1 Å². The Kier molecular flexibility index (Phi) is 8.42. The Bertz CT molecular complexity index is 868. The molecule has 5 nitrogen and oxygen atoms in total. The predicted molar refractivity (Wildman–Crippen MR) is 113 cm³/mol. The quantitative estimate of drug-likeness (QED) is 0.580. The topological polar surface area (TPSA) is 70.4 Å². The van der Waals surface area contributed by atoms with Gasteiger partial charge in [0, 0.05) is 13.0 Å². The maximum absolute atomic E-state index is 12.8. The van der Waals surface area contributed by atoms with Crippen molar-refractivity contribution in [3.8, 4) is 17.2 Å². The van der Waals surface area contributed by atoms with Gasteiger partial charge in [-0.2, -0.15) is 5.26 Å². The summed E-state index contributed by atoms with van der Waals surface area (Å²) in [6.07, 6.45) is 2.62. The lowest BCUT2D eigenvalue weighted by atomic mass is 9.99. The second-order valence-electron chi connectivity index (χ2n) is 6.93. The minimum Gasteiger partial charge on any atom is -0.467 e. The summed E-state index contributed by atoms with van der Waals surface area (Å²) in [5, 5.41) is 9.31. The number of methoxy groups -OCH3 is 1. The second kappa shape index (κ2) is 11.0. The molecule has 0 heterocycles. The molecule has 2 aromatic carbocycles. The highest BCUT2D eigenvalue weighted by Crippen LogP contribution is 2.24. The molecule has 0 saturated carbocycles. The predicted octanol–water partition coefficient (Wildman–Crippen LogP) is 4.70. The van der Waals surface area contributed by atoms with E-state index in [1.54, 1.807) is 11.0 Å². The number of benzene rings is 2. The number of ether oxygens (including phenoxy) is 1. The first-order valence-electron chi connectivity index (χ1n) is 10.0. The Morgan fingerprint density at radius 2 is 1.79 bits per heavy atom. The van der Waals surface area contributed by atoms with Crippen molar-refractivity contribution in [2.24, 2.45) is 0 Å². The molecule has 0 bridgehead atoms. The third kappa shape index (κ3) is 5.68. The highest BCUT2D eigenvalue weighted by molar-refractivity contribution is 5.84. The largest absolute Gasteiger partial charge is 0.467 e. The van der Waals surface area contributed by atoms with Crippen molar-refractivity contribution in [1.82, 2.24) is 4.90 Å². The van der Waals surface area contributed by atoms with Crippen LogP contribution in [0.3, 0.4) is 0 Å². The van der Waals surface area contributed by atoms with Gasteiger partial charge in [0.15, 0.2) is 0 Å². The third-order valence-corrected chi connectivity index (χ3v) is 4.97. The van der Waals surface area contributed by atoms with Crippen LogP contribution in [0.1, 0.15) is 50.7 Å². The molecular formula is C24H28N2O3. The minimum absolute atomic E-state index is 0.0389. The minimum atomic E-state index is -0.594. The van der Waals surface area contributed by atoms with Gasteiger partial charge in [0.05, 0.1) is 18.7 Å². The Labute approximate surface area is 172 Å². The zero-order valence-corrected chi connectivity index (χ0v) is 17.4. The van der Waals surface area contributed by atoms with Crippen LogP contribution >= 0.6 is 0 Å². The number of rotatable bonds is 9. The van der Waals surface area contributed by atoms with Gasteiger partial charge in [0.25, 0.3) is 0 Å². The zero-order valence-electron chi connectivity index (χ0n) is 17.4. The van der Waals surface area contributed by atoms with Crippen molar-refractivity contribution >= 4 is 11.9 Å². The molecule has 0 unspecified atom stereocenters. The van der Waals surface area contributed by atoms with E-state index in [4.69, 9.17) is 4.74 Å². The van der Waals surface area contributed by atoms with Crippen LogP contribution in [0, 0.1) is 11.3 Å². The Hall–Kier alpha value is -3.13. The van der Waals surface area contributed by atoms with E-state index in [1.807, 2.05) is 56.3 Å². The molecule has 0 N–H and O–H groups in total. The molecule has 152 valence electrons. The molecule has 0 aliphatic carbocycles. The monoisotopic (exact) mass is 392 g/mol. The highest BCUT2D eigenvalue weighted by atomic mass is 16.5. The molecule has 0 radical (unpaired) electrons. The van der Waals surface area contributed by atoms with Crippen LogP contribution in [-0.2, 0) is 20.9 Å². The van der Waals surface area contributed by atoms with Gasteiger partial charge in [-0.25, -0.2) is 4.79 Å². The summed E-state index contributed by atoms with van der Waals surface area (Å²) in [6, 6.07) is 16.8. The number of nitrogens with zero attached hydrogens (tertiary/aromatic N) is 2. The number of nitriles is 1. The lowest BCUT2D eigenvalue weighted by Crippen LogP contribution is -2.44. The fourth-order valence-corrected chi connectivity index (χ4v) is 3.31. The van der Waals surface area contributed by atoms with Gasteiger partial charge < -0.3 is 9.64 Å². The lowest BCUT2D eigenvalue weighted by Gasteiger charge is -2.29. The summed E-state index contributed by atoms with van der Waals surface area (Å²) < 4.78 is 4.92. The lowest BCUT2D eigenvalue weighted by molar-refractivity contribution is -0.153. The summed E-state index contributed by atoms with van der Waals surface area (Å²) in [5.41, 5.74) is 3.36. The van der Waals surface area contributed by atoms with E-state index in [-0.39, 0.29) is 5.91 Å². The van der Waals surface area contributed by atoms with Crippen LogP contribution in [0.15, 0.2) is 48.5 Å². The number of carbonyl (C=O) groups excluding carboxylic acids is 2. The number of carbonyl (C=O) groups is 2. The molecule has 0 aromatic heterocycles. The van der Waals surface area contributed by atoms with Crippen molar-refractivity contribution in [3.05, 3.63) is 59.7 Å². The summed E-state index contributed by atoms with van der Waals surface area (Å²) in [6.45, 7) is 4.26. The molecule has 0 saturated heterocycles. The maximum atomic E-state index is 12.8. The van der Waals surface area contributed by atoms with E-state index in [2.05, 4.69) is 6.07 Å². The molecule has 29 heavy (non-hydrogen) atoms. The molecule has 5 heteroatoms. The first kappa shape index (κ1) is 22.2. The Morgan fingerprint density at radius 3 is 2.38 bits per heavy atom. The molecule has 2 aromatic rings. The smallest absolute Gasteiger partial charge is 0.328 e. The van der Waals surface area contributed by atoms with Crippen molar-refractivity contribution < 1.29 is 14.3 Å². The molecule has 0 aliphatic rings. The SMILES string of the molecule is CCCCC(=O)N(Cc1ccc(-c2ccccc2C#N)cc1)[C@@H](CC)C(=O)OC. The van der Waals surface area contributed by atoms with Gasteiger partial charge >= 0.3 is 5.97 Å². The molecule has 1 amide bonds. The first-order chi connectivity index (χ1) is 14.0. The summed E-state index contributed by atoms with van der Waals surface area (Å²) in [5.74, 6) is -0.431. The molecule has 0 spiro atoms. The van der Waals surface area contributed by atoms with Crippen molar-refractivity contribution in [3.63, 3.8) is 0 Å². The van der Waals surface area contributed by atoms with E-state index >= 15 is 0 Å².